The summed E-state index contributed by atoms with van der Waals surface area (Å²) in [5.41, 5.74) is 0.349. The molecule has 3 atom stereocenters. The summed E-state index contributed by atoms with van der Waals surface area (Å²) in [4.78, 5) is 65.3. The topological polar surface area (TPSA) is 177 Å². The van der Waals surface area contributed by atoms with E-state index in [9.17, 15) is 39.2 Å². The molecule has 4 N–H and O–H groups in total. The highest BCUT2D eigenvalue weighted by atomic mass is 16.5. The number of nitrogens with one attached hydrogen (secondary N) is 1. The standard InChI is InChI=1S/C21H25BN4O9/c1-2-24-6-7-25(19(30)18(24)29)21(33)26-10-12(27)9-14(26)17(28)23-15-8-11-4-3-5-13(20(31)32)16(11)35-22(15)34/h3-5,12,14-15,27,34H,2,6-10H2,1H3,(H,23,28)(H,31,32)/t12-,14-,15?/m1/s1. The van der Waals surface area contributed by atoms with E-state index in [1.54, 1.807) is 13.0 Å². The van der Waals surface area contributed by atoms with Gasteiger partial charge in [0.25, 0.3) is 0 Å². The van der Waals surface area contributed by atoms with E-state index in [1.807, 2.05) is 0 Å². The average molecular weight is 488 g/mol. The fourth-order valence-corrected chi connectivity index (χ4v) is 4.58. The van der Waals surface area contributed by atoms with Crippen LogP contribution >= 0.6 is 0 Å². The number of β-amino-alcohol motifs (C(OH)–C–C–N with tert-alkyl or cyclic N) is 1. The summed E-state index contributed by atoms with van der Waals surface area (Å²) >= 11 is 0. The Morgan fingerprint density at radius 2 is 1.94 bits per heavy atom. The lowest BCUT2D eigenvalue weighted by atomic mass is 9.72. The number of para-hydroxylation sites is 1. The number of urea groups is 1. The van der Waals surface area contributed by atoms with Gasteiger partial charge in [0.15, 0.2) is 0 Å². The van der Waals surface area contributed by atoms with Crippen LogP contribution in [-0.4, -0.2) is 111 Å². The normalized spacial score (nSPS) is 24.3. The summed E-state index contributed by atoms with van der Waals surface area (Å²) in [6.07, 6.45) is -1.06. The number of aliphatic hydroxyl groups is 1. The highest BCUT2D eigenvalue weighted by Gasteiger charge is 2.46. The van der Waals surface area contributed by atoms with E-state index in [4.69, 9.17) is 4.65 Å². The number of fused-ring (bicyclic) bond motifs is 1. The lowest BCUT2D eigenvalue weighted by Crippen LogP contribution is -2.61. The molecule has 1 aromatic carbocycles. The van der Waals surface area contributed by atoms with Crippen LogP contribution in [0.4, 0.5) is 4.79 Å². The van der Waals surface area contributed by atoms with Gasteiger partial charge >= 0.3 is 30.9 Å². The van der Waals surface area contributed by atoms with Crippen molar-refractivity contribution in [3.63, 3.8) is 0 Å². The molecule has 35 heavy (non-hydrogen) atoms. The van der Waals surface area contributed by atoms with Gasteiger partial charge in [-0.2, -0.15) is 0 Å². The molecule has 1 aromatic rings. The van der Waals surface area contributed by atoms with Gasteiger partial charge in [-0.1, -0.05) is 12.1 Å². The number of carboxylic acid groups (broad SMARTS) is 1. The number of aromatic carboxylic acids is 1. The highest BCUT2D eigenvalue weighted by Crippen LogP contribution is 2.30. The minimum atomic E-state index is -1.55. The summed E-state index contributed by atoms with van der Waals surface area (Å²) in [5.74, 6) is -4.66. The van der Waals surface area contributed by atoms with Crippen LogP contribution in [0.15, 0.2) is 18.2 Å². The molecule has 3 heterocycles. The number of aliphatic hydroxyl groups excluding tert-OH is 1. The van der Waals surface area contributed by atoms with E-state index in [1.165, 1.54) is 17.0 Å². The molecular formula is C21H25BN4O9. The molecule has 3 aliphatic heterocycles. The first kappa shape index (κ1) is 24.5. The van der Waals surface area contributed by atoms with Crippen molar-refractivity contribution in [2.75, 3.05) is 26.2 Å². The van der Waals surface area contributed by atoms with Crippen molar-refractivity contribution in [2.45, 2.75) is 37.9 Å². The minimum absolute atomic E-state index is 0.0143. The number of carbonyl (C=O) groups is 5. The summed E-state index contributed by atoms with van der Waals surface area (Å²) in [5, 5.41) is 32.5. The SMILES string of the molecule is CCN1CCN(C(=O)N2C[C@H](O)C[C@@H]2C(=O)NC2Cc3cccc(C(=O)O)c3OB2O)C(=O)C1=O. The highest BCUT2D eigenvalue weighted by molar-refractivity contribution is 6.47. The molecule has 0 aromatic heterocycles. The first-order chi connectivity index (χ1) is 16.6. The van der Waals surface area contributed by atoms with Crippen molar-refractivity contribution >= 4 is 36.8 Å². The number of piperazine rings is 1. The molecule has 0 saturated carbocycles. The minimum Gasteiger partial charge on any atom is -0.534 e. The zero-order chi connectivity index (χ0) is 25.4. The monoisotopic (exact) mass is 488 g/mol. The van der Waals surface area contributed by atoms with E-state index < -0.39 is 54.9 Å². The van der Waals surface area contributed by atoms with Gasteiger partial charge in [0.05, 0.1) is 17.6 Å². The van der Waals surface area contributed by atoms with Crippen LogP contribution in [0.2, 0.25) is 0 Å². The third-order valence-corrected chi connectivity index (χ3v) is 6.43. The van der Waals surface area contributed by atoms with Gasteiger partial charge in [-0.15, -0.1) is 0 Å². The predicted octanol–water partition coefficient (Wildman–Crippen LogP) is -1.93. The quantitative estimate of drug-likeness (QED) is 0.278. The van der Waals surface area contributed by atoms with Gasteiger partial charge in [0.2, 0.25) is 5.91 Å². The fourth-order valence-electron chi connectivity index (χ4n) is 4.58. The maximum absolute atomic E-state index is 13.1. The maximum Gasteiger partial charge on any atom is 0.547 e. The van der Waals surface area contributed by atoms with Crippen molar-refractivity contribution in [1.82, 2.24) is 20.0 Å². The van der Waals surface area contributed by atoms with Gasteiger partial charge in [-0.05, 0) is 25.0 Å². The van der Waals surface area contributed by atoms with Crippen LogP contribution < -0.4 is 9.97 Å². The lowest BCUT2D eigenvalue weighted by Gasteiger charge is -2.35. The Kier molecular flexibility index (Phi) is 6.67. The number of rotatable bonds is 4. The van der Waals surface area contributed by atoms with Crippen LogP contribution in [-0.2, 0) is 20.8 Å². The van der Waals surface area contributed by atoms with E-state index >= 15 is 0 Å². The molecule has 2 fully saturated rings. The second-order valence-corrected chi connectivity index (χ2v) is 8.61. The third kappa shape index (κ3) is 4.54. The fraction of sp³-hybridized carbons (Fsp3) is 0.476. The van der Waals surface area contributed by atoms with Crippen LogP contribution in [0, 0.1) is 0 Å². The van der Waals surface area contributed by atoms with E-state index in [-0.39, 0.29) is 43.8 Å². The molecule has 2 saturated heterocycles. The second kappa shape index (κ2) is 9.54. The third-order valence-electron chi connectivity index (χ3n) is 6.43. The molecular weight excluding hydrogens is 463 g/mol. The first-order valence-electron chi connectivity index (χ1n) is 11.2. The number of carboxylic acids is 1. The molecule has 4 rings (SSSR count). The number of nitrogens with zero attached hydrogens (tertiary/aromatic N) is 3. The largest absolute Gasteiger partial charge is 0.547 e. The van der Waals surface area contributed by atoms with E-state index in [2.05, 4.69) is 5.32 Å². The second-order valence-electron chi connectivity index (χ2n) is 8.61. The number of amides is 5. The number of hydrogen-bond donors (Lipinski definition) is 4. The molecule has 13 nitrogen and oxygen atoms in total. The van der Waals surface area contributed by atoms with Crippen LogP contribution in [0.25, 0.3) is 0 Å². The van der Waals surface area contributed by atoms with Crippen molar-refractivity contribution < 1.29 is 43.9 Å². The van der Waals surface area contributed by atoms with E-state index in [0.29, 0.717) is 12.1 Å². The number of likely N-dealkylation sites (tertiary alicyclic amines) is 1. The van der Waals surface area contributed by atoms with Gasteiger partial charge in [0.1, 0.15) is 11.8 Å². The zero-order valence-corrected chi connectivity index (χ0v) is 18.9. The van der Waals surface area contributed by atoms with Crippen molar-refractivity contribution in [3.05, 3.63) is 29.3 Å². The number of imide groups is 1. The lowest BCUT2D eigenvalue weighted by molar-refractivity contribution is -0.154. The van der Waals surface area contributed by atoms with Crippen LogP contribution in [0.5, 0.6) is 5.75 Å². The van der Waals surface area contributed by atoms with Gasteiger partial charge in [-0.3, -0.25) is 19.3 Å². The first-order valence-corrected chi connectivity index (χ1v) is 11.2. The average Bonchev–Trinajstić information content (AvgIpc) is 3.22. The maximum atomic E-state index is 13.1. The van der Waals surface area contributed by atoms with Crippen molar-refractivity contribution in [3.8, 4) is 5.75 Å². The van der Waals surface area contributed by atoms with Gasteiger partial charge in [0, 0.05) is 32.6 Å². The van der Waals surface area contributed by atoms with Gasteiger partial charge in [-0.25, -0.2) is 9.59 Å². The van der Waals surface area contributed by atoms with Crippen LogP contribution in [0.3, 0.4) is 0 Å². The van der Waals surface area contributed by atoms with Crippen molar-refractivity contribution in [1.29, 1.82) is 0 Å². The Hall–Kier alpha value is -3.65. The molecule has 0 radical (unpaired) electrons. The molecule has 5 amide bonds. The Balaban J connectivity index is 1.47. The molecule has 1 unspecified atom stereocenters. The molecule has 0 bridgehead atoms. The Bertz CT molecular complexity index is 1080. The van der Waals surface area contributed by atoms with Gasteiger partial charge < -0.3 is 35.0 Å². The summed E-state index contributed by atoms with van der Waals surface area (Å²) in [6.45, 7) is 1.97. The van der Waals surface area contributed by atoms with Crippen molar-refractivity contribution in [2.24, 2.45) is 0 Å². The number of benzene rings is 1. The number of carbonyl (C=O) groups excluding carboxylic acids is 4. The zero-order valence-electron chi connectivity index (χ0n) is 18.9. The summed E-state index contributed by atoms with van der Waals surface area (Å²) in [7, 11) is -1.55. The molecule has 3 aliphatic rings. The number of likely N-dealkylation sites (N-methyl/N-ethyl adjacent to an activating group) is 1. The Labute approximate surface area is 200 Å². The van der Waals surface area contributed by atoms with E-state index in [0.717, 1.165) is 9.80 Å². The molecule has 0 aliphatic carbocycles. The molecule has 14 heteroatoms. The Morgan fingerprint density at radius 1 is 1.20 bits per heavy atom. The Morgan fingerprint density at radius 3 is 2.63 bits per heavy atom. The molecule has 186 valence electrons. The predicted molar refractivity (Wildman–Crippen MR) is 118 cm³/mol. The van der Waals surface area contributed by atoms with Crippen LogP contribution in [0.1, 0.15) is 29.3 Å². The smallest absolute Gasteiger partial charge is 0.534 e. The summed E-state index contributed by atoms with van der Waals surface area (Å²) < 4.78 is 5.37. The summed E-state index contributed by atoms with van der Waals surface area (Å²) in [6, 6.07) is 2.46. The molecule has 0 spiro atoms. The number of hydrogen-bond acceptors (Lipinski definition) is 8.